The van der Waals surface area contributed by atoms with Gasteiger partial charge in [0.25, 0.3) is 0 Å². The standard InChI is InChI=1S/C31H35ClFN5O2/c32-25-14-21(39)13-24(26(25)18-3-4-18)22-7-8-23-28(27(22)33)35-30(40-17-31-9-1-11-38(31)12-2-10-31)36-29(23)37-15-19-5-6-20(16-37)34-19/h7-8,13-14,18-20,34,39H,1-6,9-12,15-17H2. The molecule has 2 unspecified atom stereocenters. The van der Waals surface area contributed by atoms with Crippen LogP contribution in [0.1, 0.15) is 62.8 Å². The van der Waals surface area contributed by atoms with Gasteiger partial charge in [-0.25, -0.2) is 4.39 Å². The van der Waals surface area contributed by atoms with E-state index in [2.05, 4.69) is 15.1 Å². The van der Waals surface area contributed by atoms with Crippen LogP contribution in [0.5, 0.6) is 11.8 Å². The molecule has 4 saturated heterocycles. The summed E-state index contributed by atoms with van der Waals surface area (Å²) in [5.74, 6) is 0.639. The molecule has 1 aliphatic carbocycles. The first-order valence-electron chi connectivity index (χ1n) is 14.9. The first kappa shape index (κ1) is 25.1. The van der Waals surface area contributed by atoms with Crippen LogP contribution in [0.3, 0.4) is 0 Å². The van der Waals surface area contributed by atoms with E-state index in [0.29, 0.717) is 40.2 Å². The first-order valence-corrected chi connectivity index (χ1v) is 15.3. The molecule has 1 saturated carbocycles. The van der Waals surface area contributed by atoms with E-state index in [4.69, 9.17) is 26.3 Å². The molecule has 210 valence electrons. The molecule has 40 heavy (non-hydrogen) atoms. The number of aromatic hydroxyl groups is 1. The summed E-state index contributed by atoms with van der Waals surface area (Å²) < 4.78 is 23.0. The largest absolute Gasteiger partial charge is 0.508 e. The van der Waals surface area contributed by atoms with Gasteiger partial charge in [0.1, 0.15) is 23.7 Å². The third kappa shape index (κ3) is 4.13. The number of fused-ring (bicyclic) bond motifs is 4. The van der Waals surface area contributed by atoms with Gasteiger partial charge in [-0.2, -0.15) is 9.97 Å². The zero-order valence-corrected chi connectivity index (χ0v) is 23.4. The SMILES string of the molecule is Oc1cc(Cl)c(C2CC2)c(-c2ccc3c(N4CC5CCC(C4)N5)nc(OCC45CCCN4CCC5)nc3c2F)c1. The molecule has 3 aromatic rings. The van der Waals surface area contributed by atoms with Crippen LogP contribution in [0.4, 0.5) is 10.2 Å². The second-order valence-electron chi connectivity index (χ2n) is 12.6. The number of phenols is 1. The summed E-state index contributed by atoms with van der Waals surface area (Å²) in [6.45, 7) is 4.42. The fourth-order valence-electron chi connectivity index (χ4n) is 7.88. The van der Waals surface area contributed by atoms with Gasteiger partial charge in [0.05, 0.1) is 5.54 Å². The number of phenolic OH excluding ortho intramolecular Hbond substituents is 1. The number of piperazine rings is 1. The van der Waals surface area contributed by atoms with Crippen molar-refractivity contribution >= 4 is 28.3 Å². The number of nitrogens with one attached hydrogen (secondary N) is 1. The lowest BCUT2D eigenvalue weighted by atomic mass is 9.94. The van der Waals surface area contributed by atoms with Crippen molar-refractivity contribution in [2.45, 2.75) is 74.9 Å². The minimum absolute atomic E-state index is 0.0320. The Kier molecular flexibility index (Phi) is 5.91. The summed E-state index contributed by atoms with van der Waals surface area (Å²) in [7, 11) is 0. The molecule has 2 N–H and O–H groups in total. The number of hydrogen-bond acceptors (Lipinski definition) is 7. The highest BCUT2D eigenvalue weighted by molar-refractivity contribution is 6.32. The molecule has 5 heterocycles. The number of benzene rings is 2. The Morgan fingerprint density at radius 2 is 1.77 bits per heavy atom. The van der Waals surface area contributed by atoms with E-state index in [1.165, 1.54) is 12.8 Å². The molecule has 9 heteroatoms. The summed E-state index contributed by atoms with van der Waals surface area (Å²) in [5.41, 5.74) is 2.26. The van der Waals surface area contributed by atoms with Crippen molar-refractivity contribution in [2.24, 2.45) is 0 Å². The maximum Gasteiger partial charge on any atom is 0.319 e. The monoisotopic (exact) mass is 563 g/mol. The maximum absolute atomic E-state index is 16.6. The van der Waals surface area contributed by atoms with Crippen molar-refractivity contribution in [3.05, 3.63) is 40.7 Å². The Morgan fingerprint density at radius 3 is 2.50 bits per heavy atom. The fraction of sp³-hybridized carbons (Fsp3) is 0.548. The highest BCUT2D eigenvalue weighted by Crippen LogP contribution is 2.50. The molecule has 7 nitrogen and oxygen atoms in total. The molecular formula is C31H35ClFN5O2. The van der Waals surface area contributed by atoms with Crippen molar-refractivity contribution in [2.75, 3.05) is 37.7 Å². The van der Waals surface area contributed by atoms with Gasteiger partial charge in [0.15, 0.2) is 5.82 Å². The Morgan fingerprint density at radius 1 is 1.02 bits per heavy atom. The van der Waals surface area contributed by atoms with Crippen molar-refractivity contribution in [3.8, 4) is 22.9 Å². The fourth-order valence-corrected chi connectivity index (χ4v) is 8.25. The lowest BCUT2D eigenvalue weighted by molar-refractivity contribution is 0.108. The Hall–Kier alpha value is -2.68. The van der Waals surface area contributed by atoms with Crippen molar-refractivity contribution in [1.29, 1.82) is 0 Å². The van der Waals surface area contributed by atoms with Crippen LogP contribution in [0.25, 0.3) is 22.0 Å². The van der Waals surface area contributed by atoms with E-state index in [1.807, 2.05) is 6.07 Å². The summed E-state index contributed by atoms with van der Waals surface area (Å²) in [5, 5.41) is 15.2. The molecule has 5 fully saturated rings. The van der Waals surface area contributed by atoms with Crippen LogP contribution >= 0.6 is 11.6 Å². The van der Waals surface area contributed by atoms with Crippen LogP contribution in [-0.2, 0) is 0 Å². The van der Waals surface area contributed by atoms with Gasteiger partial charge >= 0.3 is 6.01 Å². The predicted octanol–water partition coefficient (Wildman–Crippen LogP) is 5.62. The van der Waals surface area contributed by atoms with Gasteiger partial charge in [-0.3, -0.25) is 4.90 Å². The summed E-state index contributed by atoms with van der Waals surface area (Å²) >= 11 is 6.58. The van der Waals surface area contributed by atoms with Crippen molar-refractivity contribution < 1.29 is 14.2 Å². The van der Waals surface area contributed by atoms with E-state index in [-0.39, 0.29) is 28.7 Å². The molecule has 0 amide bonds. The number of halogens is 2. The Balaban J connectivity index is 1.24. The smallest absolute Gasteiger partial charge is 0.319 e. The lowest BCUT2D eigenvalue weighted by Crippen LogP contribution is -2.51. The van der Waals surface area contributed by atoms with Crippen LogP contribution in [0.15, 0.2) is 24.3 Å². The van der Waals surface area contributed by atoms with Gasteiger partial charge in [-0.1, -0.05) is 17.7 Å². The summed E-state index contributed by atoms with van der Waals surface area (Å²) in [4.78, 5) is 14.5. The third-order valence-corrected chi connectivity index (χ3v) is 10.3. The minimum Gasteiger partial charge on any atom is -0.508 e. The molecule has 0 radical (unpaired) electrons. The van der Waals surface area contributed by atoms with E-state index in [1.54, 1.807) is 18.2 Å². The molecule has 4 aliphatic heterocycles. The Labute approximate surface area is 238 Å². The summed E-state index contributed by atoms with van der Waals surface area (Å²) in [6.07, 6.45) is 8.93. The number of rotatable bonds is 6. The van der Waals surface area contributed by atoms with Crippen LogP contribution in [0.2, 0.25) is 5.02 Å². The zero-order chi connectivity index (χ0) is 27.0. The highest BCUT2D eigenvalue weighted by atomic mass is 35.5. The van der Waals surface area contributed by atoms with E-state index in [0.717, 1.165) is 76.1 Å². The first-order chi connectivity index (χ1) is 19.5. The van der Waals surface area contributed by atoms with Gasteiger partial charge < -0.3 is 20.1 Å². The number of hydrogen-bond donors (Lipinski definition) is 2. The van der Waals surface area contributed by atoms with Gasteiger partial charge in [0.2, 0.25) is 0 Å². The lowest BCUT2D eigenvalue weighted by Gasteiger charge is -2.34. The molecule has 0 spiro atoms. The van der Waals surface area contributed by atoms with E-state index >= 15 is 4.39 Å². The average molecular weight is 564 g/mol. The molecule has 1 aromatic heterocycles. The van der Waals surface area contributed by atoms with Gasteiger partial charge in [0, 0.05) is 41.1 Å². The maximum atomic E-state index is 16.6. The van der Waals surface area contributed by atoms with Crippen LogP contribution in [0, 0.1) is 5.82 Å². The molecule has 2 bridgehead atoms. The van der Waals surface area contributed by atoms with Gasteiger partial charge in [-0.05, 0) is 99.7 Å². The quantitative estimate of drug-likeness (QED) is 0.403. The molecular weight excluding hydrogens is 529 g/mol. The second-order valence-corrected chi connectivity index (χ2v) is 13.0. The average Bonchev–Trinajstić information content (AvgIpc) is 3.43. The second kappa shape index (κ2) is 9.43. The van der Waals surface area contributed by atoms with E-state index < -0.39 is 5.82 Å². The number of ether oxygens (including phenoxy) is 1. The zero-order valence-electron chi connectivity index (χ0n) is 22.6. The number of anilines is 1. The third-order valence-electron chi connectivity index (χ3n) is 9.95. The minimum atomic E-state index is -0.422. The molecule has 5 aliphatic rings. The Bertz CT molecular complexity index is 1470. The van der Waals surface area contributed by atoms with E-state index in [9.17, 15) is 5.11 Å². The van der Waals surface area contributed by atoms with Crippen molar-refractivity contribution in [3.63, 3.8) is 0 Å². The van der Waals surface area contributed by atoms with Crippen molar-refractivity contribution in [1.82, 2.24) is 20.2 Å². The predicted molar refractivity (Wildman–Crippen MR) is 154 cm³/mol. The normalized spacial score (nSPS) is 25.6. The van der Waals surface area contributed by atoms with Crippen LogP contribution < -0.4 is 15.0 Å². The number of nitrogens with zero attached hydrogens (tertiary/aromatic N) is 4. The summed E-state index contributed by atoms with van der Waals surface area (Å²) in [6, 6.07) is 7.98. The molecule has 2 atom stereocenters. The van der Waals surface area contributed by atoms with Crippen LogP contribution in [-0.4, -0.2) is 70.4 Å². The topological polar surface area (TPSA) is 73.8 Å². The highest BCUT2D eigenvalue weighted by Gasteiger charge is 2.45. The molecule has 8 rings (SSSR count). The van der Waals surface area contributed by atoms with Gasteiger partial charge in [-0.15, -0.1) is 0 Å². The number of aromatic nitrogens is 2. The molecule has 2 aromatic carbocycles.